The Balaban J connectivity index is 1.67. The lowest BCUT2D eigenvalue weighted by molar-refractivity contribution is -0.133. The summed E-state index contributed by atoms with van der Waals surface area (Å²) < 4.78 is 5.84. The van der Waals surface area contributed by atoms with Crippen LogP contribution in [0.1, 0.15) is 32.3 Å². The number of hydrogen-bond acceptors (Lipinski definition) is 5. The van der Waals surface area contributed by atoms with Gasteiger partial charge < -0.3 is 29.9 Å². The molecule has 0 radical (unpaired) electrons. The molecule has 1 aliphatic heterocycles. The van der Waals surface area contributed by atoms with Crippen LogP contribution in [0.4, 0.5) is 4.79 Å². The Bertz CT molecular complexity index is 977. The minimum absolute atomic E-state index is 0.0914. The van der Waals surface area contributed by atoms with Gasteiger partial charge in [-0.1, -0.05) is 50.2 Å². The van der Waals surface area contributed by atoms with Gasteiger partial charge in [0.1, 0.15) is 17.5 Å². The van der Waals surface area contributed by atoms with Gasteiger partial charge in [-0.25, -0.2) is 4.79 Å². The van der Waals surface area contributed by atoms with Crippen LogP contribution in [0.3, 0.4) is 0 Å². The summed E-state index contributed by atoms with van der Waals surface area (Å²) in [6, 6.07) is 16.0. The number of carbonyl (C=O) groups is 2. The van der Waals surface area contributed by atoms with Crippen LogP contribution in [0.2, 0.25) is 0 Å². The number of nitrogens with one attached hydrogen (secondary N) is 1. The first-order valence-electron chi connectivity index (χ1n) is 13.3. The van der Waals surface area contributed by atoms with Crippen molar-refractivity contribution in [1.29, 1.82) is 0 Å². The van der Waals surface area contributed by atoms with Crippen LogP contribution in [0.15, 0.2) is 54.6 Å². The predicted octanol–water partition coefficient (Wildman–Crippen LogP) is 3.60. The summed E-state index contributed by atoms with van der Waals surface area (Å²) in [4.78, 5) is 32.6. The normalized spacial score (nSPS) is 14.9. The van der Waals surface area contributed by atoms with Crippen molar-refractivity contribution < 1.29 is 19.4 Å². The lowest BCUT2D eigenvalue weighted by Gasteiger charge is -2.34. The van der Waals surface area contributed by atoms with Crippen molar-refractivity contribution in [2.24, 2.45) is 5.92 Å². The van der Waals surface area contributed by atoms with Crippen LogP contribution >= 0.6 is 0 Å². The third-order valence-electron chi connectivity index (χ3n) is 6.63. The highest BCUT2D eigenvalue weighted by Crippen LogP contribution is 2.18. The summed E-state index contributed by atoms with van der Waals surface area (Å²) in [5.41, 5.74) is 0.794. The fourth-order valence-electron chi connectivity index (χ4n) is 4.44. The lowest BCUT2D eigenvalue weighted by Crippen LogP contribution is -2.56. The number of nitrogens with zero attached hydrogens (tertiary/aromatic N) is 3. The van der Waals surface area contributed by atoms with Crippen molar-refractivity contribution in [3.63, 3.8) is 0 Å². The molecule has 1 atom stereocenters. The van der Waals surface area contributed by atoms with Gasteiger partial charge in [-0.15, -0.1) is 0 Å². The monoisotopic (exact) mass is 510 g/mol. The highest BCUT2D eigenvalue weighted by molar-refractivity contribution is 5.87. The van der Waals surface area contributed by atoms with E-state index in [9.17, 15) is 14.7 Å². The van der Waals surface area contributed by atoms with Crippen molar-refractivity contribution in [3.8, 4) is 11.5 Å². The van der Waals surface area contributed by atoms with Gasteiger partial charge in [-0.3, -0.25) is 4.79 Å². The molecule has 3 amide bonds. The molecular weight excluding hydrogens is 468 g/mol. The molecule has 0 aliphatic carbocycles. The fourth-order valence-corrected chi connectivity index (χ4v) is 4.44. The Morgan fingerprint density at radius 1 is 1.00 bits per heavy atom. The quantitative estimate of drug-likeness (QED) is 0.426. The summed E-state index contributed by atoms with van der Waals surface area (Å²) in [7, 11) is 2.05. The number of carbonyl (C=O) groups excluding carboxylic acids is 2. The Hall–Kier alpha value is -3.26. The van der Waals surface area contributed by atoms with Crippen molar-refractivity contribution >= 4 is 11.9 Å². The predicted molar refractivity (Wildman–Crippen MR) is 146 cm³/mol. The summed E-state index contributed by atoms with van der Waals surface area (Å²) in [5.74, 6) is 1.17. The van der Waals surface area contributed by atoms with E-state index in [1.807, 2.05) is 49.5 Å². The number of piperazine rings is 1. The van der Waals surface area contributed by atoms with Gasteiger partial charge in [0.2, 0.25) is 5.91 Å². The molecule has 0 spiro atoms. The van der Waals surface area contributed by atoms with Crippen molar-refractivity contribution in [3.05, 3.63) is 60.2 Å². The number of likely N-dealkylation sites (N-methyl/N-ethyl adjacent to an activating group) is 1. The van der Waals surface area contributed by atoms with Gasteiger partial charge in [0.05, 0.1) is 6.61 Å². The van der Waals surface area contributed by atoms with E-state index in [0.717, 1.165) is 24.4 Å². The average molecular weight is 511 g/mol. The second kappa shape index (κ2) is 14.5. The largest absolute Gasteiger partial charge is 0.508 e. The van der Waals surface area contributed by atoms with Crippen LogP contribution in [-0.4, -0.2) is 90.7 Å². The molecule has 37 heavy (non-hydrogen) atoms. The number of para-hydroxylation sites is 2. The molecule has 2 N–H and O–H groups in total. The zero-order valence-electron chi connectivity index (χ0n) is 22.4. The SMILES string of the molecule is CC(C)CC(NC(=O)N1CCN(C)CC1)C(=O)N(CCCOc1ccccc1)CCc1ccccc1O. The number of benzene rings is 2. The molecule has 0 aromatic heterocycles. The Kier molecular flexibility index (Phi) is 11.1. The van der Waals surface area contributed by atoms with Crippen molar-refractivity contribution in [2.75, 3.05) is 52.9 Å². The second-order valence-electron chi connectivity index (χ2n) is 10.1. The Morgan fingerprint density at radius 3 is 2.35 bits per heavy atom. The number of amides is 3. The Morgan fingerprint density at radius 2 is 1.68 bits per heavy atom. The van der Waals surface area contributed by atoms with Gasteiger partial charge in [0.15, 0.2) is 0 Å². The smallest absolute Gasteiger partial charge is 0.318 e. The molecule has 1 aliphatic rings. The first-order chi connectivity index (χ1) is 17.8. The third kappa shape index (κ3) is 9.28. The summed E-state index contributed by atoms with van der Waals surface area (Å²) in [5, 5.41) is 13.3. The molecular formula is C29H42N4O4. The molecule has 202 valence electrons. The fraction of sp³-hybridized carbons (Fsp3) is 0.517. The molecule has 0 saturated carbocycles. The maximum absolute atomic E-state index is 13.8. The highest BCUT2D eigenvalue weighted by Gasteiger charge is 2.29. The maximum atomic E-state index is 13.8. The van der Waals surface area contributed by atoms with Gasteiger partial charge in [-0.05, 0) is 56.0 Å². The molecule has 1 saturated heterocycles. The minimum Gasteiger partial charge on any atom is -0.508 e. The van der Waals surface area contributed by atoms with Gasteiger partial charge in [0, 0.05) is 39.3 Å². The first-order valence-corrected chi connectivity index (χ1v) is 13.3. The van der Waals surface area contributed by atoms with Crippen LogP contribution in [-0.2, 0) is 11.2 Å². The molecule has 0 bridgehead atoms. The van der Waals surface area contributed by atoms with E-state index in [1.54, 1.807) is 21.9 Å². The number of phenolic OH excluding ortho intramolecular Hbond substituents is 1. The van der Waals surface area contributed by atoms with Gasteiger partial charge >= 0.3 is 6.03 Å². The summed E-state index contributed by atoms with van der Waals surface area (Å²) in [6.45, 7) is 8.49. The second-order valence-corrected chi connectivity index (χ2v) is 10.1. The van der Waals surface area contributed by atoms with E-state index >= 15 is 0 Å². The van der Waals surface area contributed by atoms with E-state index in [2.05, 4.69) is 24.1 Å². The van der Waals surface area contributed by atoms with Crippen LogP contribution in [0.25, 0.3) is 0 Å². The van der Waals surface area contributed by atoms with E-state index < -0.39 is 6.04 Å². The zero-order chi connectivity index (χ0) is 26.6. The van der Waals surface area contributed by atoms with Crippen molar-refractivity contribution in [1.82, 2.24) is 20.0 Å². The topological polar surface area (TPSA) is 85.4 Å². The molecule has 1 heterocycles. The molecule has 3 rings (SSSR count). The number of urea groups is 1. The van der Waals surface area contributed by atoms with Gasteiger partial charge in [-0.2, -0.15) is 0 Å². The summed E-state index contributed by atoms with van der Waals surface area (Å²) in [6.07, 6.45) is 1.74. The molecule has 1 unspecified atom stereocenters. The molecule has 2 aromatic rings. The third-order valence-corrected chi connectivity index (χ3v) is 6.63. The molecule has 2 aromatic carbocycles. The molecule has 8 heteroatoms. The molecule has 8 nitrogen and oxygen atoms in total. The highest BCUT2D eigenvalue weighted by atomic mass is 16.5. The van der Waals surface area contributed by atoms with E-state index in [4.69, 9.17) is 4.74 Å². The van der Waals surface area contributed by atoms with E-state index in [0.29, 0.717) is 52.0 Å². The Labute approximate surface area is 221 Å². The summed E-state index contributed by atoms with van der Waals surface area (Å²) >= 11 is 0. The average Bonchev–Trinajstić information content (AvgIpc) is 2.89. The standard InChI is InChI=1S/C29H42N4O4/c1-23(2)22-26(30-29(36)33-19-17-31(3)18-20-33)28(35)32(16-14-24-10-7-8-13-27(24)34)15-9-21-37-25-11-5-4-6-12-25/h4-8,10-13,23,26,34H,9,14-22H2,1-3H3,(H,30,36). The lowest BCUT2D eigenvalue weighted by atomic mass is 10.0. The van der Waals surface area contributed by atoms with Crippen LogP contribution < -0.4 is 10.1 Å². The number of rotatable bonds is 12. The maximum Gasteiger partial charge on any atom is 0.318 e. The van der Waals surface area contributed by atoms with E-state index in [-0.39, 0.29) is 23.6 Å². The molecule has 1 fully saturated rings. The minimum atomic E-state index is -0.605. The van der Waals surface area contributed by atoms with Crippen molar-refractivity contribution in [2.45, 2.75) is 39.2 Å². The number of phenols is 1. The number of hydrogen-bond donors (Lipinski definition) is 2. The van der Waals surface area contributed by atoms with Gasteiger partial charge in [0.25, 0.3) is 0 Å². The number of ether oxygens (including phenoxy) is 1. The van der Waals surface area contributed by atoms with Crippen LogP contribution in [0, 0.1) is 5.92 Å². The van der Waals surface area contributed by atoms with E-state index in [1.165, 1.54) is 0 Å². The zero-order valence-corrected chi connectivity index (χ0v) is 22.4. The number of aromatic hydroxyl groups is 1. The van der Waals surface area contributed by atoms with Crippen LogP contribution in [0.5, 0.6) is 11.5 Å². The first kappa shape index (κ1) is 28.3.